The zero-order chi connectivity index (χ0) is 18.5. The quantitative estimate of drug-likeness (QED) is 0.702. The zero-order valence-electron chi connectivity index (χ0n) is 15.1. The summed E-state index contributed by atoms with van der Waals surface area (Å²) in [7, 11) is 0. The van der Waals surface area contributed by atoms with E-state index in [1.165, 1.54) is 0 Å². The molecule has 0 spiro atoms. The van der Waals surface area contributed by atoms with Gasteiger partial charge in [0.25, 0.3) is 0 Å². The number of ether oxygens (including phenoxy) is 2. The number of phenols is 1. The molecular weight excluding hydrogens is 342 g/mol. The summed E-state index contributed by atoms with van der Waals surface area (Å²) < 4.78 is 11.1. The number of H-pyrrole nitrogens is 1. The van der Waals surface area contributed by atoms with Crippen LogP contribution in [-0.2, 0) is 4.74 Å². The van der Waals surface area contributed by atoms with Crippen LogP contribution in [0, 0.1) is 0 Å². The number of phenolic OH excluding ortho intramolecular Hbond substituents is 1. The van der Waals surface area contributed by atoms with E-state index in [1.54, 1.807) is 12.1 Å². The Kier molecular flexibility index (Phi) is 5.37. The van der Waals surface area contributed by atoms with E-state index in [2.05, 4.69) is 15.1 Å². The summed E-state index contributed by atoms with van der Waals surface area (Å²) in [6.45, 7) is 4.79. The van der Waals surface area contributed by atoms with Crippen LogP contribution in [0.4, 0.5) is 0 Å². The highest BCUT2D eigenvalue weighted by Gasteiger charge is 2.10. The molecule has 1 aliphatic rings. The van der Waals surface area contributed by atoms with Crippen LogP contribution in [0.5, 0.6) is 11.5 Å². The molecule has 0 atom stereocenters. The molecule has 6 heteroatoms. The Balaban J connectivity index is 1.37. The first-order chi connectivity index (χ1) is 13.3. The van der Waals surface area contributed by atoms with Gasteiger partial charge in [-0.1, -0.05) is 30.3 Å². The molecule has 2 heterocycles. The van der Waals surface area contributed by atoms with E-state index in [1.807, 2.05) is 42.5 Å². The molecule has 1 aliphatic heterocycles. The van der Waals surface area contributed by atoms with Gasteiger partial charge in [0.15, 0.2) is 11.5 Å². The molecule has 1 fully saturated rings. The molecule has 27 heavy (non-hydrogen) atoms. The van der Waals surface area contributed by atoms with E-state index >= 15 is 0 Å². The molecule has 0 amide bonds. The van der Waals surface area contributed by atoms with Crippen molar-refractivity contribution in [1.29, 1.82) is 0 Å². The predicted molar refractivity (Wildman–Crippen MR) is 106 cm³/mol. The number of hydrogen-bond acceptors (Lipinski definition) is 5. The summed E-state index contributed by atoms with van der Waals surface area (Å²) in [4.78, 5) is 2.30. The summed E-state index contributed by atoms with van der Waals surface area (Å²) in [5, 5.41) is 18.6. The minimum atomic E-state index is 0.144. The number of fused-ring (bicyclic) bond motifs is 1. The maximum Gasteiger partial charge on any atom is 0.161 e. The number of benzene rings is 2. The van der Waals surface area contributed by atoms with Crippen LogP contribution in [0.25, 0.3) is 23.1 Å². The number of nitrogens with zero attached hydrogens (tertiary/aromatic N) is 2. The smallest absolute Gasteiger partial charge is 0.161 e. The van der Waals surface area contributed by atoms with E-state index in [4.69, 9.17) is 9.47 Å². The average molecular weight is 365 g/mol. The summed E-state index contributed by atoms with van der Waals surface area (Å²) in [6.07, 6.45) is 3.87. The van der Waals surface area contributed by atoms with Gasteiger partial charge in [-0.15, -0.1) is 0 Å². The Hall–Kier alpha value is -2.83. The second kappa shape index (κ2) is 8.24. The van der Waals surface area contributed by atoms with Crippen molar-refractivity contribution in [1.82, 2.24) is 15.1 Å². The van der Waals surface area contributed by atoms with E-state index in [0.717, 1.165) is 55.0 Å². The minimum Gasteiger partial charge on any atom is -0.504 e. The number of aromatic amines is 1. The number of hydrogen-bond donors (Lipinski definition) is 2. The van der Waals surface area contributed by atoms with Crippen molar-refractivity contribution in [2.75, 3.05) is 39.5 Å². The molecule has 1 saturated heterocycles. The third-order valence-corrected chi connectivity index (χ3v) is 4.69. The summed E-state index contributed by atoms with van der Waals surface area (Å²) in [6, 6.07) is 13.4. The van der Waals surface area contributed by atoms with Crippen LogP contribution in [0.2, 0.25) is 0 Å². The van der Waals surface area contributed by atoms with Gasteiger partial charge in [-0.2, -0.15) is 5.10 Å². The number of aromatic hydroxyl groups is 1. The molecule has 0 radical (unpaired) electrons. The zero-order valence-corrected chi connectivity index (χ0v) is 15.1. The van der Waals surface area contributed by atoms with Crippen molar-refractivity contribution in [3.05, 3.63) is 53.7 Å². The summed E-state index contributed by atoms with van der Waals surface area (Å²) >= 11 is 0. The van der Waals surface area contributed by atoms with Crippen molar-refractivity contribution < 1.29 is 14.6 Å². The Morgan fingerprint density at radius 1 is 1.15 bits per heavy atom. The summed E-state index contributed by atoms with van der Waals surface area (Å²) in [5.41, 5.74) is 2.76. The molecule has 2 aromatic carbocycles. The van der Waals surface area contributed by atoms with E-state index in [0.29, 0.717) is 12.4 Å². The second-order valence-electron chi connectivity index (χ2n) is 6.52. The van der Waals surface area contributed by atoms with Gasteiger partial charge in [0.05, 0.1) is 24.4 Å². The molecule has 4 rings (SSSR count). The van der Waals surface area contributed by atoms with E-state index in [-0.39, 0.29) is 5.75 Å². The van der Waals surface area contributed by atoms with Crippen LogP contribution >= 0.6 is 0 Å². The van der Waals surface area contributed by atoms with Crippen LogP contribution in [0.1, 0.15) is 11.3 Å². The van der Waals surface area contributed by atoms with Gasteiger partial charge in [-0.3, -0.25) is 10.00 Å². The van der Waals surface area contributed by atoms with Crippen molar-refractivity contribution in [3.8, 4) is 11.5 Å². The third-order valence-electron chi connectivity index (χ3n) is 4.69. The fraction of sp³-hybridized carbons (Fsp3) is 0.286. The SMILES string of the molecule is Oc1cc(C=Cc2n[nH]c3ccccc23)ccc1OCCN1CCOCC1. The topological polar surface area (TPSA) is 70.6 Å². The lowest BCUT2D eigenvalue weighted by Crippen LogP contribution is -2.38. The van der Waals surface area contributed by atoms with Crippen molar-refractivity contribution in [3.63, 3.8) is 0 Å². The van der Waals surface area contributed by atoms with Gasteiger partial charge in [-0.05, 0) is 29.8 Å². The minimum absolute atomic E-state index is 0.144. The lowest BCUT2D eigenvalue weighted by Gasteiger charge is -2.26. The second-order valence-corrected chi connectivity index (χ2v) is 6.52. The highest BCUT2D eigenvalue weighted by atomic mass is 16.5. The van der Waals surface area contributed by atoms with Gasteiger partial charge in [0.1, 0.15) is 6.61 Å². The molecule has 2 N–H and O–H groups in total. The van der Waals surface area contributed by atoms with Gasteiger partial charge < -0.3 is 14.6 Å². The molecule has 3 aromatic rings. The number of aromatic nitrogens is 2. The molecule has 140 valence electrons. The number of nitrogens with one attached hydrogen (secondary N) is 1. The molecule has 0 bridgehead atoms. The molecule has 0 saturated carbocycles. The van der Waals surface area contributed by atoms with Gasteiger partial charge >= 0.3 is 0 Å². The van der Waals surface area contributed by atoms with E-state index in [9.17, 15) is 5.11 Å². The average Bonchev–Trinajstić information content (AvgIpc) is 3.12. The highest BCUT2D eigenvalue weighted by molar-refractivity contribution is 5.89. The Morgan fingerprint density at radius 3 is 2.85 bits per heavy atom. The molecule has 0 aliphatic carbocycles. The molecule has 6 nitrogen and oxygen atoms in total. The molecule has 1 aromatic heterocycles. The Morgan fingerprint density at radius 2 is 2.00 bits per heavy atom. The fourth-order valence-electron chi connectivity index (χ4n) is 3.16. The first kappa shape index (κ1) is 17.6. The van der Waals surface area contributed by atoms with Crippen molar-refractivity contribution >= 4 is 23.1 Å². The molecular formula is C21H23N3O3. The summed E-state index contributed by atoms with van der Waals surface area (Å²) in [5.74, 6) is 0.650. The maximum absolute atomic E-state index is 10.2. The monoisotopic (exact) mass is 365 g/mol. The predicted octanol–water partition coefficient (Wildman–Crippen LogP) is 3.15. The van der Waals surface area contributed by atoms with E-state index < -0.39 is 0 Å². The largest absolute Gasteiger partial charge is 0.504 e. The maximum atomic E-state index is 10.2. The standard InChI is InChI=1S/C21H23N3O3/c25-20-15-16(5-7-19-17-3-1-2-4-18(17)22-23-19)6-8-21(20)27-14-11-24-9-12-26-13-10-24/h1-8,15,25H,9-14H2,(H,22,23). The van der Waals surface area contributed by atoms with Crippen LogP contribution < -0.4 is 4.74 Å². The Bertz CT molecular complexity index is 929. The van der Waals surface area contributed by atoms with Crippen LogP contribution in [0.15, 0.2) is 42.5 Å². The Labute approximate surface area is 158 Å². The van der Waals surface area contributed by atoms with Crippen LogP contribution in [-0.4, -0.2) is 59.7 Å². The van der Waals surface area contributed by atoms with Crippen LogP contribution in [0.3, 0.4) is 0 Å². The lowest BCUT2D eigenvalue weighted by atomic mass is 10.1. The number of para-hydroxylation sites is 1. The van der Waals surface area contributed by atoms with Gasteiger partial charge in [0, 0.05) is 25.0 Å². The van der Waals surface area contributed by atoms with Gasteiger partial charge in [-0.25, -0.2) is 0 Å². The number of morpholine rings is 1. The molecule has 0 unspecified atom stereocenters. The van der Waals surface area contributed by atoms with Crippen molar-refractivity contribution in [2.24, 2.45) is 0 Å². The van der Waals surface area contributed by atoms with Gasteiger partial charge in [0.2, 0.25) is 0 Å². The third kappa shape index (κ3) is 4.30. The first-order valence-corrected chi connectivity index (χ1v) is 9.17. The lowest BCUT2D eigenvalue weighted by molar-refractivity contribution is 0.0321. The normalized spacial score (nSPS) is 15.6. The fourth-order valence-corrected chi connectivity index (χ4v) is 3.16. The first-order valence-electron chi connectivity index (χ1n) is 9.17. The highest BCUT2D eigenvalue weighted by Crippen LogP contribution is 2.28. The van der Waals surface area contributed by atoms with Crippen molar-refractivity contribution in [2.45, 2.75) is 0 Å². The number of rotatable bonds is 6.